The second kappa shape index (κ2) is 8.90. The summed E-state index contributed by atoms with van der Waals surface area (Å²) in [5.74, 6) is 0.756. The van der Waals surface area contributed by atoms with Gasteiger partial charge >= 0.3 is 0 Å². The van der Waals surface area contributed by atoms with Gasteiger partial charge in [0.25, 0.3) is 0 Å². The fourth-order valence-corrected chi connectivity index (χ4v) is 2.84. The summed E-state index contributed by atoms with van der Waals surface area (Å²) in [7, 11) is 3.64. The first kappa shape index (κ1) is 17.0. The Kier molecular flexibility index (Phi) is 6.86. The molecule has 0 atom stereocenters. The number of methoxy groups -OCH3 is 1. The molecule has 6 heteroatoms. The number of nitrogens with one attached hydrogen (secondary N) is 1. The average molecular weight is 308 g/mol. The summed E-state index contributed by atoms with van der Waals surface area (Å²) in [5, 5.41) is 7.19. The molecule has 1 aromatic rings. The van der Waals surface area contributed by atoms with Gasteiger partial charge in [-0.2, -0.15) is 5.10 Å². The maximum atomic E-state index is 11.9. The van der Waals surface area contributed by atoms with Crippen LogP contribution in [0.3, 0.4) is 0 Å². The Morgan fingerprint density at radius 3 is 2.86 bits per heavy atom. The second-order valence-electron chi connectivity index (χ2n) is 6.10. The second-order valence-corrected chi connectivity index (χ2v) is 6.10. The Balaban J connectivity index is 1.57. The maximum Gasteiger partial charge on any atom is 0.220 e. The number of aryl methyl sites for hydroxylation is 2. The van der Waals surface area contributed by atoms with Crippen LogP contribution in [-0.4, -0.2) is 60.5 Å². The molecule has 0 spiro atoms. The van der Waals surface area contributed by atoms with Crippen LogP contribution in [0.25, 0.3) is 0 Å². The molecule has 0 bridgehead atoms. The molecule has 1 aliphatic rings. The van der Waals surface area contributed by atoms with Crippen molar-refractivity contribution in [1.82, 2.24) is 20.0 Å². The molecule has 1 aromatic heterocycles. The highest BCUT2D eigenvalue weighted by Gasteiger charge is 2.19. The molecular weight excluding hydrogens is 280 g/mol. The van der Waals surface area contributed by atoms with E-state index in [-0.39, 0.29) is 5.91 Å². The van der Waals surface area contributed by atoms with Crippen molar-refractivity contribution in [3.05, 3.63) is 18.0 Å². The Bertz CT molecular complexity index is 453. The molecule has 22 heavy (non-hydrogen) atoms. The zero-order chi connectivity index (χ0) is 15.8. The lowest BCUT2D eigenvalue weighted by Crippen LogP contribution is -2.39. The van der Waals surface area contributed by atoms with Crippen molar-refractivity contribution in [3.63, 3.8) is 0 Å². The van der Waals surface area contributed by atoms with Gasteiger partial charge in [-0.15, -0.1) is 0 Å². The van der Waals surface area contributed by atoms with Gasteiger partial charge in [-0.25, -0.2) is 0 Å². The highest BCUT2D eigenvalue weighted by molar-refractivity contribution is 5.76. The third-order valence-corrected chi connectivity index (χ3v) is 4.31. The smallest absolute Gasteiger partial charge is 0.220 e. The number of ether oxygens (including phenoxy) is 1. The monoisotopic (exact) mass is 308 g/mol. The zero-order valence-electron chi connectivity index (χ0n) is 13.8. The van der Waals surface area contributed by atoms with E-state index < -0.39 is 0 Å². The first-order valence-corrected chi connectivity index (χ1v) is 8.13. The summed E-state index contributed by atoms with van der Waals surface area (Å²) in [5.41, 5.74) is 1.11. The molecule has 124 valence electrons. The number of aromatic nitrogens is 2. The van der Waals surface area contributed by atoms with Crippen molar-refractivity contribution in [3.8, 4) is 0 Å². The lowest BCUT2D eigenvalue weighted by Gasteiger charge is -2.31. The number of nitrogens with zero attached hydrogens (tertiary/aromatic N) is 3. The fraction of sp³-hybridized carbons (Fsp3) is 0.750. The van der Waals surface area contributed by atoms with Gasteiger partial charge in [0, 0.05) is 39.9 Å². The van der Waals surface area contributed by atoms with Gasteiger partial charge in [-0.3, -0.25) is 9.48 Å². The van der Waals surface area contributed by atoms with Crippen LogP contribution in [0.2, 0.25) is 0 Å². The normalized spacial score (nSPS) is 16.8. The highest BCUT2D eigenvalue weighted by atomic mass is 16.5. The standard InChI is InChI=1S/C16H28N4O2/c1-19-13-15(12-18-19)3-4-16(21)17-11-14-5-7-20(8-6-14)9-10-22-2/h12-14H,3-11H2,1-2H3,(H,17,21). The van der Waals surface area contributed by atoms with Gasteiger partial charge in [-0.1, -0.05) is 0 Å². The number of rotatable bonds is 8. The molecule has 1 fully saturated rings. The first-order chi connectivity index (χ1) is 10.7. The molecule has 0 aromatic carbocycles. The van der Waals surface area contributed by atoms with Crippen LogP contribution in [0.1, 0.15) is 24.8 Å². The molecule has 2 rings (SSSR count). The van der Waals surface area contributed by atoms with Crippen LogP contribution in [-0.2, 0) is 23.0 Å². The van der Waals surface area contributed by atoms with Crippen molar-refractivity contribution in [2.45, 2.75) is 25.7 Å². The van der Waals surface area contributed by atoms with Crippen LogP contribution >= 0.6 is 0 Å². The van der Waals surface area contributed by atoms with E-state index in [0.717, 1.165) is 57.6 Å². The predicted molar refractivity (Wildman–Crippen MR) is 85.6 cm³/mol. The van der Waals surface area contributed by atoms with Crippen LogP contribution in [0.4, 0.5) is 0 Å². The molecule has 0 unspecified atom stereocenters. The summed E-state index contributed by atoms with van der Waals surface area (Å²) in [6.45, 7) is 4.85. The minimum Gasteiger partial charge on any atom is -0.383 e. The average Bonchev–Trinajstić information content (AvgIpc) is 2.95. The Hall–Kier alpha value is -1.40. The minimum atomic E-state index is 0.144. The van der Waals surface area contributed by atoms with Gasteiger partial charge in [0.15, 0.2) is 0 Å². The number of amides is 1. The zero-order valence-corrected chi connectivity index (χ0v) is 13.8. The van der Waals surface area contributed by atoms with E-state index in [0.29, 0.717) is 12.3 Å². The van der Waals surface area contributed by atoms with E-state index >= 15 is 0 Å². The van der Waals surface area contributed by atoms with Gasteiger partial charge in [0.05, 0.1) is 12.8 Å². The minimum absolute atomic E-state index is 0.144. The van der Waals surface area contributed by atoms with Gasteiger partial charge in [0.2, 0.25) is 5.91 Å². The molecule has 1 N–H and O–H groups in total. The Labute approximate surface area is 132 Å². The molecule has 1 amide bonds. The van der Waals surface area contributed by atoms with E-state index in [2.05, 4.69) is 15.3 Å². The lowest BCUT2D eigenvalue weighted by molar-refractivity contribution is -0.121. The van der Waals surface area contributed by atoms with E-state index in [1.54, 1.807) is 11.8 Å². The summed E-state index contributed by atoms with van der Waals surface area (Å²) in [6, 6.07) is 0. The van der Waals surface area contributed by atoms with E-state index in [1.807, 2.05) is 19.4 Å². The summed E-state index contributed by atoms with van der Waals surface area (Å²) < 4.78 is 6.88. The number of likely N-dealkylation sites (tertiary alicyclic amines) is 1. The predicted octanol–water partition coefficient (Wildman–Crippen LogP) is 0.827. The summed E-state index contributed by atoms with van der Waals surface area (Å²) in [6.07, 6.45) is 7.40. The number of piperidine rings is 1. The van der Waals surface area contributed by atoms with Crippen molar-refractivity contribution in [1.29, 1.82) is 0 Å². The largest absolute Gasteiger partial charge is 0.383 e. The molecule has 6 nitrogen and oxygen atoms in total. The van der Waals surface area contributed by atoms with Crippen LogP contribution in [0.5, 0.6) is 0 Å². The number of carbonyl (C=O) groups excluding carboxylic acids is 1. The third kappa shape index (κ3) is 5.77. The summed E-state index contributed by atoms with van der Waals surface area (Å²) in [4.78, 5) is 14.3. The highest BCUT2D eigenvalue weighted by Crippen LogP contribution is 2.16. The lowest BCUT2D eigenvalue weighted by atomic mass is 9.97. The van der Waals surface area contributed by atoms with E-state index in [4.69, 9.17) is 4.74 Å². The third-order valence-electron chi connectivity index (χ3n) is 4.31. The molecule has 2 heterocycles. The van der Waals surface area contributed by atoms with Crippen molar-refractivity contribution in [2.24, 2.45) is 13.0 Å². The molecule has 1 saturated heterocycles. The van der Waals surface area contributed by atoms with Crippen LogP contribution < -0.4 is 5.32 Å². The van der Waals surface area contributed by atoms with E-state index in [9.17, 15) is 4.79 Å². The fourth-order valence-electron chi connectivity index (χ4n) is 2.84. The first-order valence-electron chi connectivity index (χ1n) is 8.13. The molecule has 0 radical (unpaired) electrons. The maximum absolute atomic E-state index is 11.9. The van der Waals surface area contributed by atoms with Gasteiger partial charge in [-0.05, 0) is 43.8 Å². The summed E-state index contributed by atoms with van der Waals surface area (Å²) >= 11 is 0. The van der Waals surface area contributed by atoms with Gasteiger partial charge < -0.3 is 15.0 Å². The SMILES string of the molecule is COCCN1CCC(CNC(=O)CCc2cnn(C)c2)CC1. The van der Waals surface area contributed by atoms with Crippen molar-refractivity contribution < 1.29 is 9.53 Å². The molecule has 0 saturated carbocycles. The number of hydrogen-bond acceptors (Lipinski definition) is 4. The quantitative estimate of drug-likeness (QED) is 0.773. The molecular formula is C16H28N4O2. The van der Waals surface area contributed by atoms with Gasteiger partial charge in [0.1, 0.15) is 0 Å². The van der Waals surface area contributed by atoms with Crippen molar-refractivity contribution in [2.75, 3.05) is 39.9 Å². The Morgan fingerprint density at radius 1 is 1.45 bits per heavy atom. The number of hydrogen-bond donors (Lipinski definition) is 1. The molecule has 1 aliphatic heterocycles. The van der Waals surface area contributed by atoms with Crippen LogP contribution in [0.15, 0.2) is 12.4 Å². The molecule has 0 aliphatic carbocycles. The van der Waals surface area contributed by atoms with Crippen molar-refractivity contribution >= 4 is 5.91 Å². The topological polar surface area (TPSA) is 59.4 Å². The van der Waals surface area contributed by atoms with Crippen LogP contribution in [0, 0.1) is 5.92 Å². The number of carbonyl (C=O) groups is 1. The Morgan fingerprint density at radius 2 is 2.23 bits per heavy atom. The van der Waals surface area contributed by atoms with E-state index in [1.165, 1.54) is 0 Å².